The van der Waals surface area contributed by atoms with Crippen LogP contribution < -0.4 is 5.32 Å². The van der Waals surface area contributed by atoms with Crippen LogP contribution >= 0.6 is 0 Å². The first-order valence-electron chi connectivity index (χ1n) is 6.52. The Morgan fingerprint density at radius 3 is 2.38 bits per heavy atom. The highest BCUT2D eigenvalue weighted by molar-refractivity contribution is 5.16. The van der Waals surface area contributed by atoms with E-state index < -0.39 is 0 Å². The molecule has 0 aromatic carbocycles. The van der Waals surface area contributed by atoms with Crippen LogP contribution in [-0.2, 0) is 0 Å². The Kier molecular flexibility index (Phi) is 3.51. The zero-order valence-corrected chi connectivity index (χ0v) is 10.5. The molecule has 0 heterocycles. The average Bonchev–Trinajstić information content (AvgIpc) is 3.01. The molecule has 2 rings (SSSR count). The molecule has 0 aromatic heterocycles. The molecule has 0 spiro atoms. The standard InChI is InChI=1S/C13H23N3/c1-15-13(9-14,11-7-8-11)10-16(2)12-5-3-4-6-12/h11-12,15H,3-8,10H2,1-2H3. The quantitative estimate of drug-likeness (QED) is 0.769. The summed E-state index contributed by atoms with van der Waals surface area (Å²) in [5, 5.41) is 12.7. The monoisotopic (exact) mass is 221 g/mol. The number of hydrogen-bond donors (Lipinski definition) is 1. The average molecular weight is 221 g/mol. The first kappa shape index (κ1) is 11.9. The fraction of sp³-hybridized carbons (Fsp3) is 0.923. The van der Waals surface area contributed by atoms with Gasteiger partial charge in [-0.3, -0.25) is 0 Å². The van der Waals surface area contributed by atoms with Crippen LogP contribution in [0.15, 0.2) is 0 Å². The van der Waals surface area contributed by atoms with Gasteiger partial charge >= 0.3 is 0 Å². The van der Waals surface area contributed by atoms with Gasteiger partial charge in [-0.25, -0.2) is 0 Å². The smallest absolute Gasteiger partial charge is 0.122 e. The topological polar surface area (TPSA) is 39.1 Å². The van der Waals surface area contributed by atoms with Crippen LogP contribution in [0.1, 0.15) is 38.5 Å². The second-order valence-electron chi connectivity index (χ2n) is 5.46. The second kappa shape index (κ2) is 4.73. The van der Waals surface area contributed by atoms with Crippen molar-refractivity contribution < 1.29 is 0 Å². The van der Waals surface area contributed by atoms with Crippen molar-refractivity contribution in [2.45, 2.75) is 50.1 Å². The van der Waals surface area contributed by atoms with Crippen LogP contribution in [0.25, 0.3) is 0 Å². The highest BCUT2D eigenvalue weighted by Crippen LogP contribution is 2.40. The summed E-state index contributed by atoms with van der Waals surface area (Å²) in [5.74, 6) is 0.575. The third-order valence-corrected chi connectivity index (χ3v) is 4.37. The number of nitrogens with one attached hydrogen (secondary N) is 1. The molecule has 0 saturated heterocycles. The first-order chi connectivity index (χ1) is 7.72. The molecule has 90 valence electrons. The number of likely N-dealkylation sites (N-methyl/N-ethyl adjacent to an activating group) is 2. The van der Waals surface area contributed by atoms with Gasteiger partial charge in [-0.15, -0.1) is 0 Å². The maximum atomic E-state index is 9.44. The lowest BCUT2D eigenvalue weighted by molar-refractivity contribution is 0.184. The zero-order valence-electron chi connectivity index (χ0n) is 10.5. The molecule has 3 nitrogen and oxygen atoms in total. The molecule has 2 aliphatic rings. The Bertz CT molecular complexity index is 273. The van der Waals surface area contributed by atoms with Gasteiger partial charge in [0.15, 0.2) is 0 Å². The summed E-state index contributed by atoms with van der Waals surface area (Å²) in [6, 6.07) is 3.24. The molecule has 0 aromatic rings. The SMILES string of the molecule is CNC(C#N)(CN(C)C1CCCC1)C1CC1. The zero-order chi connectivity index (χ0) is 11.6. The van der Waals surface area contributed by atoms with E-state index in [2.05, 4.69) is 23.3 Å². The second-order valence-corrected chi connectivity index (χ2v) is 5.46. The summed E-state index contributed by atoms with van der Waals surface area (Å²) in [6.07, 6.45) is 7.77. The Morgan fingerprint density at radius 2 is 1.94 bits per heavy atom. The van der Waals surface area contributed by atoms with Crippen LogP contribution in [0, 0.1) is 17.2 Å². The third kappa shape index (κ3) is 2.23. The summed E-state index contributed by atoms with van der Waals surface area (Å²) in [4.78, 5) is 2.41. The maximum Gasteiger partial charge on any atom is 0.122 e. The molecule has 0 amide bonds. The summed E-state index contributed by atoms with van der Waals surface area (Å²) < 4.78 is 0. The Labute approximate surface area is 98.8 Å². The van der Waals surface area contributed by atoms with E-state index in [0.717, 1.165) is 6.54 Å². The van der Waals surface area contributed by atoms with Gasteiger partial charge in [0.05, 0.1) is 6.07 Å². The van der Waals surface area contributed by atoms with E-state index in [1.54, 1.807) is 0 Å². The van der Waals surface area contributed by atoms with Gasteiger partial charge in [-0.05, 0) is 45.7 Å². The summed E-state index contributed by atoms with van der Waals surface area (Å²) >= 11 is 0. The molecule has 3 heteroatoms. The number of nitrogens with zero attached hydrogens (tertiary/aromatic N) is 2. The number of rotatable bonds is 5. The first-order valence-corrected chi connectivity index (χ1v) is 6.52. The van der Waals surface area contributed by atoms with Crippen molar-refractivity contribution in [2.75, 3.05) is 20.6 Å². The Hall–Kier alpha value is -0.590. The van der Waals surface area contributed by atoms with Gasteiger partial charge in [0.25, 0.3) is 0 Å². The molecule has 1 unspecified atom stereocenters. The highest BCUT2D eigenvalue weighted by atomic mass is 15.2. The molecule has 16 heavy (non-hydrogen) atoms. The fourth-order valence-corrected chi connectivity index (χ4v) is 3.04. The van der Waals surface area contributed by atoms with Crippen LogP contribution in [0.4, 0.5) is 0 Å². The lowest BCUT2D eigenvalue weighted by Crippen LogP contribution is -2.53. The minimum atomic E-state index is -0.294. The van der Waals surface area contributed by atoms with Crippen molar-refractivity contribution in [3.8, 4) is 6.07 Å². The lowest BCUT2D eigenvalue weighted by Gasteiger charge is -2.34. The predicted molar refractivity (Wildman–Crippen MR) is 65.0 cm³/mol. The molecule has 2 aliphatic carbocycles. The number of nitriles is 1. The normalized spacial score (nSPS) is 25.6. The van der Waals surface area contributed by atoms with E-state index in [-0.39, 0.29) is 5.54 Å². The van der Waals surface area contributed by atoms with E-state index in [9.17, 15) is 5.26 Å². The van der Waals surface area contributed by atoms with Crippen LogP contribution in [0.5, 0.6) is 0 Å². The molecule has 0 aliphatic heterocycles. The van der Waals surface area contributed by atoms with Gasteiger partial charge in [0.2, 0.25) is 0 Å². The largest absolute Gasteiger partial charge is 0.301 e. The Morgan fingerprint density at radius 1 is 1.31 bits per heavy atom. The minimum Gasteiger partial charge on any atom is -0.301 e. The predicted octanol–water partition coefficient (Wildman–Crippen LogP) is 1.75. The van der Waals surface area contributed by atoms with Crippen molar-refractivity contribution in [3.63, 3.8) is 0 Å². The third-order valence-electron chi connectivity index (χ3n) is 4.37. The lowest BCUT2D eigenvalue weighted by atomic mass is 9.94. The maximum absolute atomic E-state index is 9.44. The van der Waals surface area contributed by atoms with Gasteiger partial charge in [-0.2, -0.15) is 5.26 Å². The van der Waals surface area contributed by atoms with Crippen molar-refractivity contribution in [1.82, 2.24) is 10.2 Å². The summed E-state index contributed by atoms with van der Waals surface area (Å²) in [6.45, 7) is 0.884. The van der Waals surface area contributed by atoms with Crippen molar-refractivity contribution in [2.24, 2.45) is 5.92 Å². The Balaban J connectivity index is 1.97. The molecule has 1 N–H and O–H groups in total. The van der Waals surface area contributed by atoms with E-state index in [1.807, 2.05) is 7.05 Å². The van der Waals surface area contributed by atoms with E-state index in [4.69, 9.17) is 0 Å². The van der Waals surface area contributed by atoms with E-state index >= 15 is 0 Å². The fourth-order valence-electron chi connectivity index (χ4n) is 3.04. The summed E-state index contributed by atoms with van der Waals surface area (Å²) in [5.41, 5.74) is -0.294. The molecular formula is C13H23N3. The van der Waals surface area contributed by atoms with Crippen molar-refractivity contribution in [1.29, 1.82) is 5.26 Å². The van der Waals surface area contributed by atoms with Crippen LogP contribution in [0.2, 0.25) is 0 Å². The molecule has 0 radical (unpaired) electrons. The molecule has 2 fully saturated rings. The van der Waals surface area contributed by atoms with Gasteiger partial charge in [0.1, 0.15) is 5.54 Å². The van der Waals surface area contributed by atoms with Gasteiger partial charge in [-0.1, -0.05) is 12.8 Å². The van der Waals surface area contributed by atoms with Crippen LogP contribution in [0.3, 0.4) is 0 Å². The van der Waals surface area contributed by atoms with Crippen molar-refractivity contribution in [3.05, 3.63) is 0 Å². The van der Waals surface area contributed by atoms with Gasteiger partial charge in [0, 0.05) is 12.6 Å². The minimum absolute atomic E-state index is 0.294. The molecule has 2 saturated carbocycles. The van der Waals surface area contributed by atoms with Crippen molar-refractivity contribution >= 4 is 0 Å². The highest BCUT2D eigenvalue weighted by Gasteiger charge is 2.45. The van der Waals surface area contributed by atoms with Gasteiger partial charge < -0.3 is 10.2 Å². The van der Waals surface area contributed by atoms with Crippen LogP contribution in [-0.4, -0.2) is 37.1 Å². The van der Waals surface area contributed by atoms with E-state index in [0.29, 0.717) is 12.0 Å². The molecule has 0 bridgehead atoms. The molecular weight excluding hydrogens is 198 g/mol. The molecule has 1 atom stereocenters. The summed E-state index contributed by atoms with van der Waals surface area (Å²) in [7, 11) is 4.12. The number of hydrogen-bond acceptors (Lipinski definition) is 3. The van der Waals surface area contributed by atoms with E-state index in [1.165, 1.54) is 38.5 Å².